The Kier molecular flexibility index (Phi) is 4.14. The van der Waals surface area contributed by atoms with E-state index >= 15 is 0 Å². The number of hydrogen-bond acceptors (Lipinski definition) is 3. The molecule has 6 nitrogen and oxygen atoms in total. The Morgan fingerprint density at radius 3 is 2.61 bits per heavy atom. The van der Waals surface area contributed by atoms with Gasteiger partial charge in [-0.15, -0.1) is 0 Å². The van der Waals surface area contributed by atoms with Crippen LogP contribution in [0.3, 0.4) is 0 Å². The van der Waals surface area contributed by atoms with Gasteiger partial charge in [0.15, 0.2) is 0 Å². The fourth-order valence-electron chi connectivity index (χ4n) is 2.50. The first-order valence-corrected chi connectivity index (χ1v) is 7.70. The predicted molar refractivity (Wildman–Crippen MR) is 86.2 cm³/mol. The van der Waals surface area contributed by atoms with Crippen LogP contribution in [0.4, 0.5) is 0 Å². The number of hydrogen-bond donors (Lipinski definition) is 2. The van der Waals surface area contributed by atoms with Gasteiger partial charge in [0, 0.05) is 37.8 Å². The molecule has 1 fully saturated rings. The molecule has 0 radical (unpaired) electrons. The van der Waals surface area contributed by atoms with Gasteiger partial charge in [-0.3, -0.25) is 14.7 Å². The number of H-pyrrole nitrogens is 1. The highest BCUT2D eigenvalue weighted by molar-refractivity contribution is 5.94. The zero-order valence-corrected chi connectivity index (χ0v) is 13.3. The highest BCUT2D eigenvalue weighted by Crippen LogP contribution is 2.39. The second kappa shape index (κ2) is 6.24. The van der Waals surface area contributed by atoms with Crippen LogP contribution in [0.5, 0.6) is 0 Å². The molecule has 1 saturated carbocycles. The van der Waals surface area contributed by atoms with Crippen LogP contribution in [0.2, 0.25) is 0 Å². The summed E-state index contributed by atoms with van der Waals surface area (Å²) in [5.41, 5.74) is 3.08. The molecular formula is C17H20N4O2. The summed E-state index contributed by atoms with van der Waals surface area (Å²) in [6, 6.07) is 9.08. The van der Waals surface area contributed by atoms with Crippen molar-refractivity contribution in [3.63, 3.8) is 0 Å². The average molecular weight is 312 g/mol. The highest BCUT2D eigenvalue weighted by atomic mass is 16.2. The van der Waals surface area contributed by atoms with Crippen LogP contribution >= 0.6 is 0 Å². The van der Waals surface area contributed by atoms with E-state index in [2.05, 4.69) is 15.5 Å². The van der Waals surface area contributed by atoms with Gasteiger partial charge in [0.1, 0.15) is 5.69 Å². The average Bonchev–Trinajstić information content (AvgIpc) is 3.31. The lowest BCUT2D eigenvalue weighted by molar-refractivity contribution is 0.0778. The number of aromatic nitrogens is 2. The monoisotopic (exact) mass is 312 g/mol. The van der Waals surface area contributed by atoms with E-state index in [-0.39, 0.29) is 11.8 Å². The summed E-state index contributed by atoms with van der Waals surface area (Å²) < 4.78 is 0. The van der Waals surface area contributed by atoms with Crippen LogP contribution in [0.1, 0.15) is 50.9 Å². The Balaban J connectivity index is 1.64. The number of aromatic amines is 1. The molecule has 1 aliphatic carbocycles. The number of benzene rings is 1. The van der Waals surface area contributed by atoms with E-state index in [1.807, 2.05) is 18.2 Å². The summed E-state index contributed by atoms with van der Waals surface area (Å²) in [7, 11) is 3.35. The molecule has 1 aliphatic rings. The van der Waals surface area contributed by atoms with Crippen molar-refractivity contribution in [2.45, 2.75) is 25.3 Å². The Bertz CT molecular complexity index is 716. The third-order valence-electron chi connectivity index (χ3n) is 4.04. The van der Waals surface area contributed by atoms with E-state index in [0.29, 0.717) is 23.7 Å². The molecular weight excluding hydrogens is 292 g/mol. The summed E-state index contributed by atoms with van der Waals surface area (Å²) in [5.74, 6) is 0.320. The largest absolute Gasteiger partial charge is 0.355 e. The maximum Gasteiger partial charge on any atom is 0.274 e. The maximum absolute atomic E-state index is 12.4. The summed E-state index contributed by atoms with van der Waals surface area (Å²) >= 11 is 0. The molecule has 120 valence electrons. The molecule has 0 saturated heterocycles. The van der Waals surface area contributed by atoms with E-state index in [1.54, 1.807) is 31.1 Å². The fraction of sp³-hybridized carbons (Fsp3) is 0.353. The Hall–Kier alpha value is -2.63. The molecule has 0 spiro atoms. The SMILES string of the molecule is CNC(=O)c1ccc(CN(C)C(=O)c2cc(C3CC3)[nH]n2)cc1. The molecule has 23 heavy (non-hydrogen) atoms. The van der Waals surface area contributed by atoms with Gasteiger partial charge < -0.3 is 10.2 Å². The number of amides is 2. The second-order valence-corrected chi connectivity index (χ2v) is 5.92. The first kappa shape index (κ1) is 15.3. The van der Waals surface area contributed by atoms with Crippen molar-refractivity contribution in [2.24, 2.45) is 0 Å². The number of nitrogens with one attached hydrogen (secondary N) is 2. The van der Waals surface area contributed by atoms with Crippen LogP contribution < -0.4 is 5.32 Å². The van der Waals surface area contributed by atoms with E-state index in [1.165, 1.54) is 12.8 Å². The number of carbonyl (C=O) groups excluding carboxylic acids is 2. The van der Waals surface area contributed by atoms with Gasteiger partial charge in [-0.1, -0.05) is 12.1 Å². The Morgan fingerprint density at radius 1 is 1.30 bits per heavy atom. The first-order chi connectivity index (χ1) is 11.1. The standard InChI is InChI=1S/C17H20N4O2/c1-18-16(22)13-5-3-11(4-6-13)10-21(2)17(23)15-9-14(19-20-15)12-7-8-12/h3-6,9,12H,7-8,10H2,1-2H3,(H,18,22)(H,19,20). The molecule has 3 rings (SSSR count). The minimum absolute atomic E-state index is 0.108. The van der Waals surface area contributed by atoms with Crippen molar-refractivity contribution in [1.29, 1.82) is 0 Å². The first-order valence-electron chi connectivity index (χ1n) is 7.70. The number of carbonyl (C=O) groups is 2. The summed E-state index contributed by atoms with van der Waals surface area (Å²) in [4.78, 5) is 25.5. The van der Waals surface area contributed by atoms with Gasteiger partial charge in [0.25, 0.3) is 11.8 Å². The quantitative estimate of drug-likeness (QED) is 0.885. The zero-order chi connectivity index (χ0) is 16.4. The smallest absolute Gasteiger partial charge is 0.274 e. The van der Waals surface area contributed by atoms with Gasteiger partial charge in [0.2, 0.25) is 0 Å². The van der Waals surface area contributed by atoms with Crippen LogP contribution in [0, 0.1) is 0 Å². The summed E-state index contributed by atoms with van der Waals surface area (Å²) in [5, 5.41) is 9.65. The molecule has 0 atom stereocenters. The van der Waals surface area contributed by atoms with E-state index in [9.17, 15) is 9.59 Å². The molecule has 0 bridgehead atoms. The number of rotatable bonds is 5. The van der Waals surface area contributed by atoms with Gasteiger partial charge in [-0.05, 0) is 36.6 Å². The molecule has 1 aromatic carbocycles. The van der Waals surface area contributed by atoms with Gasteiger partial charge >= 0.3 is 0 Å². The van der Waals surface area contributed by atoms with Crippen LogP contribution in [0.25, 0.3) is 0 Å². The van der Waals surface area contributed by atoms with Crippen LogP contribution in [-0.2, 0) is 6.54 Å². The number of nitrogens with zero attached hydrogens (tertiary/aromatic N) is 2. The summed E-state index contributed by atoms with van der Waals surface area (Å²) in [6.07, 6.45) is 2.34. The van der Waals surface area contributed by atoms with Crippen molar-refractivity contribution in [2.75, 3.05) is 14.1 Å². The normalized spacial score (nSPS) is 13.7. The van der Waals surface area contributed by atoms with Crippen molar-refractivity contribution in [3.05, 3.63) is 52.8 Å². The minimum Gasteiger partial charge on any atom is -0.355 e. The lowest BCUT2D eigenvalue weighted by atomic mass is 10.1. The molecule has 2 N–H and O–H groups in total. The zero-order valence-electron chi connectivity index (χ0n) is 13.3. The maximum atomic E-state index is 12.4. The van der Waals surface area contributed by atoms with Crippen molar-refractivity contribution in [3.8, 4) is 0 Å². The molecule has 2 aromatic rings. The highest BCUT2D eigenvalue weighted by Gasteiger charge is 2.27. The molecule has 6 heteroatoms. The van der Waals surface area contributed by atoms with E-state index in [4.69, 9.17) is 0 Å². The molecule has 1 heterocycles. The van der Waals surface area contributed by atoms with Crippen molar-refractivity contribution >= 4 is 11.8 Å². The third kappa shape index (κ3) is 3.41. The summed E-state index contributed by atoms with van der Waals surface area (Å²) in [6.45, 7) is 0.471. The van der Waals surface area contributed by atoms with Gasteiger partial charge in [-0.2, -0.15) is 5.10 Å². The van der Waals surface area contributed by atoms with Crippen LogP contribution in [0.15, 0.2) is 30.3 Å². The van der Waals surface area contributed by atoms with E-state index in [0.717, 1.165) is 11.3 Å². The fourth-order valence-corrected chi connectivity index (χ4v) is 2.50. The molecule has 2 amide bonds. The topological polar surface area (TPSA) is 78.1 Å². The third-order valence-corrected chi connectivity index (χ3v) is 4.04. The predicted octanol–water partition coefficient (Wildman–Crippen LogP) is 1.92. The Morgan fingerprint density at radius 2 is 2.00 bits per heavy atom. The molecule has 0 aliphatic heterocycles. The van der Waals surface area contributed by atoms with Crippen molar-refractivity contribution < 1.29 is 9.59 Å². The lowest BCUT2D eigenvalue weighted by Crippen LogP contribution is -2.26. The molecule has 1 aromatic heterocycles. The molecule has 0 unspecified atom stereocenters. The van der Waals surface area contributed by atoms with Gasteiger partial charge in [-0.25, -0.2) is 0 Å². The second-order valence-electron chi connectivity index (χ2n) is 5.92. The van der Waals surface area contributed by atoms with Crippen molar-refractivity contribution in [1.82, 2.24) is 20.4 Å². The van der Waals surface area contributed by atoms with Crippen LogP contribution in [-0.4, -0.2) is 41.0 Å². The lowest BCUT2D eigenvalue weighted by Gasteiger charge is -2.16. The van der Waals surface area contributed by atoms with E-state index < -0.39 is 0 Å². The van der Waals surface area contributed by atoms with Gasteiger partial charge in [0.05, 0.1) is 0 Å². The Labute approximate surface area is 134 Å². The minimum atomic E-state index is -0.120.